The Labute approximate surface area is 186 Å². The van der Waals surface area contributed by atoms with E-state index in [0.29, 0.717) is 12.3 Å². The largest absolute Gasteiger partial charge is 0.342 e. The first-order valence-corrected chi connectivity index (χ1v) is 12.0. The van der Waals surface area contributed by atoms with Crippen LogP contribution in [0.4, 0.5) is 0 Å². The number of carbonyl (C=O) groups is 1. The van der Waals surface area contributed by atoms with Crippen LogP contribution in [0.15, 0.2) is 28.6 Å². The van der Waals surface area contributed by atoms with Crippen LogP contribution in [0.25, 0.3) is 0 Å². The molecule has 2 fully saturated rings. The van der Waals surface area contributed by atoms with Gasteiger partial charge in [-0.15, -0.1) is 0 Å². The molecule has 2 bridgehead atoms. The van der Waals surface area contributed by atoms with Crippen LogP contribution in [0.2, 0.25) is 0 Å². The third-order valence-corrected chi connectivity index (χ3v) is 7.25. The Hall–Kier alpha value is -1.92. The highest BCUT2D eigenvalue weighted by Crippen LogP contribution is 2.35. The zero-order chi connectivity index (χ0) is 22.0. The number of rotatable bonds is 6. The Morgan fingerprint density at radius 2 is 1.81 bits per heavy atom. The zero-order valence-corrected chi connectivity index (χ0v) is 19.5. The standard InChI is InChI=1S/C25H38N4O2/c1-4-26-10-12-27(13-11-26)17-21-8-9-23-22-14-20(16-29(23)25(21)31)15-28(18-22)24(30)7-5-6-19(2)3/h6,8-9,20,22H,4-5,7,10-18H2,1-3H3/t20-,22+/m0/s1. The van der Waals surface area contributed by atoms with Crippen molar-refractivity contribution in [2.45, 2.75) is 59.0 Å². The fourth-order valence-corrected chi connectivity index (χ4v) is 5.46. The molecule has 6 nitrogen and oxygen atoms in total. The number of allylic oxidation sites excluding steroid dienone is 2. The zero-order valence-electron chi connectivity index (χ0n) is 19.5. The summed E-state index contributed by atoms with van der Waals surface area (Å²) in [5, 5.41) is 0. The third-order valence-electron chi connectivity index (χ3n) is 7.25. The van der Waals surface area contributed by atoms with Crippen molar-refractivity contribution in [1.82, 2.24) is 19.3 Å². The highest BCUT2D eigenvalue weighted by Gasteiger charge is 2.36. The maximum absolute atomic E-state index is 13.3. The van der Waals surface area contributed by atoms with E-state index in [1.54, 1.807) is 0 Å². The van der Waals surface area contributed by atoms with Gasteiger partial charge in [0.1, 0.15) is 0 Å². The number of hydrogen-bond acceptors (Lipinski definition) is 4. The van der Waals surface area contributed by atoms with Gasteiger partial charge in [0, 0.05) is 76.0 Å². The Kier molecular flexibility index (Phi) is 6.97. The molecule has 4 heterocycles. The van der Waals surface area contributed by atoms with Gasteiger partial charge in [-0.3, -0.25) is 14.5 Å². The first-order chi connectivity index (χ1) is 14.9. The molecule has 0 aliphatic carbocycles. The van der Waals surface area contributed by atoms with Gasteiger partial charge in [-0.05, 0) is 45.2 Å². The number of pyridine rings is 1. The summed E-state index contributed by atoms with van der Waals surface area (Å²) in [5.74, 6) is 0.931. The molecule has 0 radical (unpaired) electrons. The summed E-state index contributed by atoms with van der Waals surface area (Å²) in [5.41, 5.74) is 3.50. The lowest BCUT2D eigenvalue weighted by Gasteiger charge is -2.43. The lowest BCUT2D eigenvalue weighted by atomic mass is 9.82. The molecule has 31 heavy (non-hydrogen) atoms. The Balaban J connectivity index is 1.43. The third kappa shape index (κ3) is 5.12. The average Bonchev–Trinajstić information content (AvgIpc) is 2.76. The number of likely N-dealkylation sites (tertiary alicyclic amines) is 1. The van der Waals surface area contributed by atoms with E-state index in [9.17, 15) is 9.59 Å². The van der Waals surface area contributed by atoms with Crippen molar-refractivity contribution in [3.05, 3.63) is 45.4 Å². The summed E-state index contributed by atoms with van der Waals surface area (Å²) in [6, 6.07) is 4.22. The van der Waals surface area contributed by atoms with Crippen molar-refractivity contribution in [3.8, 4) is 0 Å². The van der Waals surface area contributed by atoms with Crippen LogP contribution in [0.1, 0.15) is 57.2 Å². The summed E-state index contributed by atoms with van der Waals surface area (Å²) in [4.78, 5) is 32.9. The molecule has 0 saturated carbocycles. The van der Waals surface area contributed by atoms with Crippen molar-refractivity contribution >= 4 is 5.91 Å². The highest BCUT2D eigenvalue weighted by atomic mass is 16.2. The van der Waals surface area contributed by atoms with Crippen LogP contribution in [0.3, 0.4) is 0 Å². The lowest BCUT2D eigenvalue weighted by molar-refractivity contribution is -0.133. The van der Waals surface area contributed by atoms with Crippen LogP contribution in [-0.2, 0) is 17.9 Å². The van der Waals surface area contributed by atoms with Crippen molar-refractivity contribution in [1.29, 1.82) is 0 Å². The van der Waals surface area contributed by atoms with Crippen LogP contribution < -0.4 is 5.56 Å². The Bertz CT molecular complexity index is 878. The van der Waals surface area contributed by atoms with Crippen molar-refractivity contribution < 1.29 is 4.79 Å². The van der Waals surface area contributed by atoms with Gasteiger partial charge < -0.3 is 14.4 Å². The minimum Gasteiger partial charge on any atom is -0.342 e. The van der Waals surface area contributed by atoms with Crippen molar-refractivity contribution in [2.75, 3.05) is 45.8 Å². The molecule has 4 rings (SSSR count). The molecule has 0 spiro atoms. The number of piperazine rings is 1. The van der Waals surface area contributed by atoms with E-state index in [4.69, 9.17) is 0 Å². The molecule has 3 aliphatic heterocycles. The van der Waals surface area contributed by atoms with Crippen LogP contribution in [0.5, 0.6) is 0 Å². The predicted molar refractivity (Wildman–Crippen MR) is 124 cm³/mol. The molecule has 2 saturated heterocycles. The molecule has 2 atom stereocenters. The minimum atomic E-state index is 0.188. The smallest absolute Gasteiger partial charge is 0.255 e. The first kappa shape index (κ1) is 22.3. The summed E-state index contributed by atoms with van der Waals surface area (Å²) in [6.07, 6.45) is 4.64. The van der Waals surface area contributed by atoms with Crippen LogP contribution >= 0.6 is 0 Å². The normalized spacial score (nSPS) is 24.0. The van der Waals surface area contributed by atoms with Gasteiger partial charge in [0.15, 0.2) is 0 Å². The Morgan fingerprint density at radius 3 is 2.52 bits per heavy atom. The van der Waals surface area contributed by atoms with Gasteiger partial charge in [0.25, 0.3) is 5.56 Å². The van der Waals surface area contributed by atoms with Crippen molar-refractivity contribution in [3.63, 3.8) is 0 Å². The fraction of sp³-hybridized carbons (Fsp3) is 0.680. The Morgan fingerprint density at radius 1 is 1.06 bits per heavy atom. The monoisotopic (exact) mass is 426 g/mol. The second-order valence-electron chi connectivity index (χ2n) is 9.83. The molecule has 1 aromatic rings. The van der Waals surface area contributed by atoms with E-state index in [2.05, 4.69) is 48.8 Å². The van der Waals surface area contributed by atoms with Gasteiger partial charge in [0.2, 0.25) is 5.91 Å². The number of fused-ring (bicyclic) bond motifs is 4. The van der Waals surface area contributed by atoms with Crippen LogP contribution in [0, 0.1) is 5.92 Å². The van der Waals surface area contributed by atoms with Crippen molar-refractivity contribution in [2.24, 2.45) is 5.92 Å². The molecule has 3 aliphatic rings. The number of hydrogen-bond donors (Lipinski definition) is 0. The van der Waals surface area contributed by atoms with E-state index in [0.717, 1.165) is 83.0 Å². The summed E-state index contributed by atoms with van der Waals surface area (Å²) in [7, 11) is 0. The fourth-order valence-electron chi connectivity index (χ4n) is 5.46. The number of piperidine rings is 1. The summed E-state index contributed by atoms with van der Waals surface area (Å²) >= 11 is 0. The van der Waals surface area contributed by atoms with Gasteiger partial charge in [-0.25, -0.2) is 0 Å². The molecule has 0 N–H and O–H groups in total. The van der Waals surface area contributed by atoms with Gasteiger partial charge in [-0.1, -0.05) is 24.6 Å². The maximum Gasteiger partial charge on any atom is 0.255 e. The van der Waals surface area contributed by atoms with E-state index in [1.807, 2.05) is 9.47 Å². The number of nitrogens with zero attached hydrogens (tertiary/aromatic N) is 4. The van der Waals surface area contributed by atoms with Crippen LogP contribution in [-0.4, -0.2) is 71.0 Å². The van der Waals surface area contributed by atoms with Gasteiger partial charge >= 0.3 is 0 Å². The molecule has 1 amide bonds. The lowest BCUT2D eigenvalue weighted by Crippen LogP contribution is -2.50. The molecule has 0 aromatic carbocycles. The molecule has 0 unspecified atom stereocenters. The maximum atomic E-state index is 13.3. The quantitative estimate of drug-likeness (QED) is 0.657. The predicted octanol–water partition coefficient (Wildman–Crippen LogP) is 2.68. The second kappa shape index (κ2) is 9.70. The molecule has 6 heteroatoms. The molecule has 170 valence electrons. The van der Waals surface area contributed by atoms with E-state index in [1.165, 1.54) is 5.57 Å². The van der Waals surface area contributed by atoms with E-state index < -0.39 is 0 Å². The second-order valence-corrected chi connectivity index (χ2v) is 9.83. The number of likely N-dealkylation sites (N-methyl/N-ethyl adjacent to an activating group) is 1. The molecular weight excluding hydrogens is 388 g/mol. The average molecular weight is 427 g/mol. The van der Waals surface area contributed by atoms with Gasteiger partial charge in [-0.2, -0.15) is 0 Å². The minimum absolute atomic E-state index is 0.188. The molecular formula is C25H38N4O2. The number of amides is 1. The SMILES string of the molecule is CCN1CCN(Cc2ccc3n(c2=O)C[C@H]2C[C@@H]3CN(C(=O)CCC=C(C)C)C2)CC1. The highest BCUT2D eigenvalue weighted by molar-refractivity contribution is 5.76. The van der Waals surface area contributed by atoms with Gasteiger partial charge in [0.05, 0.1) is 0 Å². The molecule has 1 aromatic heterocycles. The number of carbonyl (C=O) groups excluding carboxylic acids is 1. The van der Waals surface area contributed by atoms with E-state index in [-0.39, 0.29) is 17.4 Å². The topological polar surface area (TPSA) is 48.8 Å². The summed E-state index contributed by atoms with van der Waals surface area (Å²) < 4.78 is 2.03. The number of aromatic nitrogens is 1. The van der Waals surface area contributed by atoms with E-state index >= 15 is 0 Å². The first-order valence-electron chi connectivity index (χ1n) is 12.0. The summed E-state index contributed by atoms with van der Waals surface area (Å²) in [6.45, 7) is 14.7.